The van der Waals surface area contributed by atoms with Gasteiger partial charge in [0.05, 0.1) is 44.1 Å². The van der Waals surface area contributed by atoms with Crippen LogP contribution in [0, 0.1) is 50.2 Å². The van der Waals surface area contributed by atoms with Crippen LogP contribution in [0.25, 0.3) is 0 Å². The maximum atomic E-state index is 15.2. The van der Waals surface area contributed by atoms with Crippen molar-refractivity contribution in [3.63, 3.8) is 0 Å². The molecule has 10 aliphatic rings. The van der Waals surface area contributed by atoms with Gasteiger partial charge in [-0.05, 0) is 116 Å². The van der Waals surface area contributed by atoms with E-state index in [1.165, 1.54) is 12.5 Å². The quantitative estimate of drug-likeness (QED) is 0.0513. The van der Waals surface area contributed by atoms with E-state index >= 15 is 4.79 Å². The van der Waals surface area contributed by atoms with Gasteiger partial charge in [-0.25, -0.2) is 0 Å². The van der Waals surface area contributed by atoms with Gasteiger partial charge in [-0.1, -0.05) is 60.1 Å². The Morgan fingerprint density at radius 3 is 1.80 bits per heavy atom. The fourth-order valence-corrected chi connectivity index (χ4v) is 17.6. The Morgan fingerprint density at radius 1 is 0.553 bits per heavy atom. The molecule has 0 bridgehead atoms. The van der Waals surface area contributed by atoms with Gasteiger partial charge in [0.2, 0.25) is 6.29 Å². The second-order valence-electron chi connectivity index (χ2n) is 28.7. The number of hydrogen-bond donors (Lipinski definition) is 15. The van der Waals surface area contributed by atoms with Gasteiger partial charge in [0, 0.05) is 0 Å². The average molecular weight is 1220 g/mol. The first-order chi connectivity index (χ1) is 39.8. The molecule has 32 atom stereocenters. The topological polar surface area (TPSA) is 413 Å². The summed E-state index contributed by atoms with van der Waals surface area (Å²) in [5.74, 6) is -0.520. The number of carbonyl (C=O) groups is 1. The van der Waals surface area contributed by atoms with Crippen molar-refractivity contribution >= 4 is 5.97 Å². The Morgan fingerprint density at radius 2 is 1.13 bits per heavy atom. The zero-order valence-electron chi connectivity index (χ0n) is 49.8. The summed E-state index contributed by atoms with van der Waals surface area (Å²) in [5.41, 5.74) is -1.25. The van der Waals surface area contributed by atoms with Crippen LogP contribution in [0.5, 0.6) is 0 Å². The van der Waals surface area contributed by atoms with Crippen molar-refractivity contribution < 1.29 is 129 Å². The maximum Gasteiger partial charge on any atom is 0.315 e. The highest BCUT2D eigenvalue weighted by molar-refractivity contribution is 5.79. The van der Waals surface area contributed by atoms with Crippen LogP contribution in [0.1, 0.15) is 120 Å². The highest BCUT2D eigenvalue weighted by Gasteiger charge is 2.70. The molecule has 5 aliphatic carbocycles. The summed E-state index contributed by atoms with van der Waals surface area (Å²) in [7, 11) is 0. The van der Waals surface area contributed by atoms with E-state index in [4.69, 9.17) is 47.4 Å². The molecule has 0 amide bonds. The first kappa shape index (κ1) is 66.2. The molecular formula is C59H96O26. The van der Waals surface area contributed by atoms with Crippen LogP contribution in [0.2, 0.25) is 0 Å². The molecule has 0 unspecified atom stereocenters. The number of aliphatic hydroxyl groups excluding tert-OH is 15. The number of aliphatic hydroxyl groups is 15. The highest BCUT2D eigenvalue weighted by Crippen LogP contribution is 2.76. The normalized spacial score (nSPS) is 54.1. The Balaban J connectivity index is 0.824. The van der Waals surface area contributed by atoms with Gasteiger partial charge in [-0.2, -0.15) is 0 Å². The van der Waals surface area contributed by atoms with E-state index in [1.807, 2.05) is 0 Å². The van der Waals surface area contributed by atoms with Crippen LogP contribution in [0.15, 0.2) is 11.6 Å². The largest absolute Gasteiger partial charge is 0.432 e. The third kappa shape index (κ3) is 11.2. The molecule has 26 heteroatoms. The molecule has 85 heavy (non-hydrogen) atoms. The fraction of sp³-hybridized carbons (Fsp3) is 0.949. The smallest absolute Gasteiger partial charge is 0.315 e. The number of esters is 1. The molecule has 0 aromatic rings. The fourth-order valence-electron chi connectivity index (χ4n) is 17.6. The Bertz CT molecular complexity index is 2360. The van der Waals surface area contributed by atoms with Crippen molar-refractivity contribution in [3.8, 4) is 0 Å². The molecule has 488 valence electrons. The number of fused-ring (bicyclic) bond motifs is 7. The molecule has 5 heterocycles. The standard InChI is InChI=1S/C59H96O26/c1-24-34(63)38(67)42(71)49(78-24)83-46-29(21-61)80-48(45(74)41(46)70)77-23-30-37(66)40(69)44(73)51(81-30)85-53(75)59-17-15-54(2,3)19-26(59)25-9-10-32-56(6)13-12-33(55(4,5)31(56)11-14-58(32,8)57(25,7)16-18-59)82-52-47(35(64)27(62)22-76-52)84-50-43(72)39(68)36(65)28(20-60)79-50/h9,24,26-52,60-74H,10-23H2,1-8H3/t24-,26+,27+,28+,29-,30-,31+,32-,33+,34-,35+,36+,37-,38+,39-,40+,41-,42+,43+,44-,45-,46-,47-,48-,49-,50-,51+,52+,56+,57-,58-,59+/m0/s1. The molecule has 5 saturated heterocycles. The molecule has 0 radical (unpaired) electrons. The predicted octanol–water partition coefficient (Wildman–Crippen LogP) is -2.54. The van der Waals surface area contributed by atoms with Crippen LogP contribution >= 0.6 is 0 Å². The lowest BCUT2D eigenvalue weighted by Crippen LogP contribution is -2.66. The Kier molecular flexibility index (Phi) is 19.0. The lowest BCUT2D eigenvalue weighted by atomic mass is 9.33. The van der Waals surface area contributed by atoms with Gasteiger partial charge in [0.1, 0.15) is 110 Å². The molecular weight excluding hydrogens is 1120 g/mol. The summed E-state index contributed by atoms with van der Waals surface area (Å²) in [4.78, 5) is 15.2. The monoisotopic (exact) mass is 1220 g/mol. The van der Waals surface area contributed by atoms with E-state index in [-0.39, 0.29) is 46.0 Å². The molecule has 0 spiro atoms. The summed E-state index contributed by atoms with van der Waals surface area (Å²) < 4.78 is 59.4. The number of allylic oxidation sites excluding steroid dienone is 2. The maximum absolute atomic E-state index is 15.2. The molecule has 15 N–H and O–H groups in total. The molecule has 0 aromatic carbocycles. The van der Waals surface area contributed by atoms with Gasteiger partial charge < -0.3 is 124 Å². The molecule has 0 aromatic heterocycles. The minimum absolute atomic E-state index is 0.141. The SMILES string of the molecule is C[C@@H]1O[C@@H](O[C@@H]2[C@@H](O)[C@H](O)[C@@H](OC[C@@H]3O[C@H](OC(=O)[C@@]45CCC(C)(C)C[C@@H]4C4=CC[C@H]6[C@]7(C)CC[C@@H](O[C@H]8OC[C@@H](O)[C@@H](O)[C@@H]8O[C@@H]8O[C@H](CO)[C@@H](O)[C@H](O)[C@H]8O)C(C)(C)[C@H]7CC[C@]6(C)[C@@]4(C)CC5)[C@@H](O)[C@H](O)[C@H]3O)O[C@H]2CO)[C@H](O)[C@H](O)[C@H]1O. The second kappa shape index (κ2) is 24.4. The second-order valence-corrected chi connectivity index (χ2v) is 28.7. The number of hydrogen-bond acceptors (Lipinski definition) is 26. The van der Waals surface area contributed by atoms with E-state index < -0.39 is 190 Å². The van der Waals surface area contributed by atoms with Crippen LogP contribution in [-0.2, 0) is 52.2 Å². The van der Waals surface area contributed by atoms with Crippen LogP contribution < -0.4 is 0 Å². The van der Waals surface area contributed by atoms with E-state index in [2.05, 4.69) is 54.5 Å². The van der Waals surface area contributed by atoms with Crippen LogP contribution in [0.4, 0.5) is 0 Å². The van der Waals surface area contributed by atoms with Crippen molar-refractivity contribution in [2.24, 2.45) is 50.2 Å². The zero-order valence-corrected chi connectivity index (χ0v) is 49.8. The van der Waals surface area contributed by atoms with Gasteiger partial charge in [-0.15, -0.1) is 0 Å². The zero-order chi connectivity index (χ0) is 62.0. The van der Waals surface area contributed by atoms with Crippen molar-refractivity contribution in [2.75, 3.05) is 26.4 Å². The summed E-state index contributed by atoms with van der Waals surface area (Å²) in [6, 6.07) is 0. The predicted molar refractivity (Wildman–Crippen MR) is 288 cm³/mol. The van der Waals surface area contributed by atoms with Gasteiger partial charge in [-0.3, -0.25) is 4.79 Å². The molecule has 4 saturated carbocycles. The highest BCUT2D eigenvalue weighted by atomic mass is 16.8. The molecule has 9 fully saturated rings. The first-order valence-corrected chi connectivity index (χ1v) is 30.6. The van der Waals surface area contributed by atoms with Crippen molar-refractivity contribution in [3.05, 3.63) is 11.6 Å². The van der Waals surface area contributed by atoms with Crippen molar-refractivity contribution in [2.45, 2.75) is 273 Å². The Hall–Kier alpha value is -1.75. The summed E-state index contributed by atoms with van der Waals surface area (Å²) in [6.07, 6.45) is -29.5. The molecule has 5 aliphatic heterocycles. The summed E-state index contributed by atoms with van der Waals surface area (Å²) in [5, 5.41) is 161. The lowest BCUT2D eigenvalue weighted by Gasteiger charge is -2.71. The van der Waals surface area contributed by atoms with E-state index in [1.54, 1.807) is 0 Å². The third-order valence-electron chi connectivity index (χ3n) is 23.1. The minimum Gasteiger partial charge on any atom is -0.432 e. The third-order valence-corrected chi connectivity index (χ3v) is 23.1. The number of carbonyl (C=O) groups excluding carboxylic acids is 1. The average Bonchev–Trinajstić information content (AvgIpc) is 0.699. The van der Waals surface area contributed by atoms with Crippen LogP contribution in [0.3, 0.4) is 0 Å². The number of rotatable bonds is 13. The van der Waals surface area contributed by atoms with Crippen molar-refractivity contribution in [1.82, 2.24) is 0 Å². The van der Waals surface area contributed by atoms with Crippen LogP contribution in [-0.4, -0.2) is 263 Å². The van der Waals surface area contributed by atoms with Gasteiger partial charge in [0.15, 0.2) is 25.2 Å². The lowest BCUT2D eigenvalue weighted by molar-refractivity contribution is -0.367. The molecule has 26 nitrogen and oxygen atoms in total. The minimum atomic E-state index is -1.89. The summed E-state index contributed by atoms with van der Waals surface area (Å²) >= 11 is 0. The van der Waals surface area contributed by atoms with Crippen molar-refractivity contribution in [1.29, 1.82) is 0 Å². The first-order valence-electron chi connectivity index (χ1n) is 30.6. The van der Waals surface area contributed by atoms with E-state index in [0.29, 0.717) is 38.5 Å². The van der Waals surface area contributed by atoms with Gasteiger partial charge in [0.25, 0.3) is 0 Å². The van der Waals surface area contributed by atoms with E-state index in [0.717, 1.165) is 25.7 Å². The molecule has 10 rings (SSSR count). The van der Waals surface area contributed by atoms with E-state index in [9.17, 15) is 76.6 Å². The van der Waals surface area contributed by atoms with Gasteiger partial charge >= 0.3 is 5.97 Å². The number of ether oxygens (including phenoxy) is 10. The summed E-state index contributed by atoms with van der Waals surface area (Å²) in [6.45, 7) is 15.0. The Labute approximate surface area is 494 Å².